The van der Waals surface area contributed by atoms with Gasteiger partial charge in [0.2, 0.25) is 5.91 Å². The fraction of sp³-hybridized carbons (Fsp3) is 0.500. The second kappa shape index (κ2) is 5.76. The summed E-state index contributed by atoms with van der Waals surface area (Å²) in [6.07, 6.45) is 1.21. The smallest absolute Gasteiger partial charge is 0.307 e. The molecule has 2 unspecified atom stereocenters. The molecule has 5 heteroatoms. The van der Waals surface area contributed by atoms with Crippen LogP contribution in [0.1, 0.15) is 29.5 Å². The van der Waals surface area contributed by atoms with Crippen LogP contribution in [0.3, 0.4) is 0 Å². The van der Waals surface area contributed by atoms with Crippen LogP contribution in [0.2, 0.25) is 0 Å². The van der Waals surface area contributed by atoms with E-state index in [0.29, 0.717) is 12.8 Å². The molecule has 0 aromatic heterocycles. The van der Waals surface area contributed by atoms with Gasteiger partial charge in [0.05, 0.1) is 18.9 Å². The molecule has 0 radical (unpaired) electrons. The number of methoxy groups -OCH3 is 1. The van der Waals surface area contributed by atoms with Gasteiger partial charge in [-0.25, -0.2) is 0 Å². The lowest BCUT2D eigenvalue weighted by molar-refractivity contribution is -0.151. The Bertz CT molecular complexity index is 594. The van der Waals surface area contributed by atoms with E-state index >= 15 is 0 Å². The molecule has 2 rings (SSSR count). The van der Waals surface area contributed by atoms with Gasteiger partial charge in [0.1, 0.15) is 5.75 Å². The van der Waals surface area contributed by atoms with Crippen molar-refractivity contribution >= 4 is 17.6 Å². The highest BCUT2D eigenvalue weighted by atomic mass is 16.5. The molecule has 1 saturated carbocycles. The number of amides is 1. The minimum absolute atomic E-state index is 0.204. The lowest BCUT2D eigenvalue weighted by Gasteiger charge is -2.32. The molecule has 1 fully saturated rings. The molecule has 1 aliphatic carbocycles. The summed E-state index contributed by atoms with van der Waals surface area (Å²) in [5.74, 6) is -1.28. The highest BCUT2D eigenvalue weighted by Gasteiger charge is 2.41. The van der Waals surface area contributed by atoms with Crippen molar-refractivity contribution in [3.8, 4) is 5.75 Å². The summed E-state index contributed by atoms with van der Waals surface area (Å²) in [5.41, 5.74) is 3.59. The van der Waals surface area contributed by atoms with Crippen molar-refractivity contribution in [2.24, 2.45) is 11.8 Å². The van der Waals surface area contributed by atoms with Gasteiger partial charge in [-0.15, -0.1) is 0 Å². The number of nitrogens with one attached hydrogen (secondary N) is 1. The Balaban J connectivity index is 2.22. The zero-order chi connectivity index (χ0) is 15.7. The normalized spacial score (nSPS) is 20.6. The Kier molecular flexibility index (Phi) is 4.21. The Morgan fingerprint density at radius 2 is 1.81 bits per heavy atom. The second-order valence-corrected chi connectivity index (χ2v) is 5.64. The topological polar surface area (TPSA) is 75.6 Å². The van der Waals surface area contributed by atoms with Crippen LogP contribution in [0.4, 0.5) is 5.69 Å². The van der Waals surface area contributed by atoms with Gasteiger partial charge in [0.25, 0.3) is 0 Å². The molecule has 0 spiro atoms. The first-order valence-corrected chi connectivity index (χ1v) is 7.05. The summed E-state index contributed by atoms with van der Waals surface area (Å²) >= 11 is 0. The third-order valence-electron chi connectivity index (χ3n) is 4.45. The van der Waals surface area contributed by atoms with Gasteiger partial charge in [0, 0.05) is 5.69 Å². The van der Waals surface area contributed by atoms with E-state index < -0.39 is 17.8 Å². The van der Waals surface area contributed by atoms with E-state index in [9.17, 15) is 9.59 Å². The lowest BCUT2D eigenvalue weighted by Crippen LogP contribution is -2.41. The van der Waals surface area contributed by atoms with Crippen molar-refractivity contribution in [1.29, 1.82) is 0 Å². The molecule has 1 aromatic carbocycles. The fourth-order valence-corrected chi connectivity index (χ4v) is 2.77. The maximum atomic E-state index is 12.3. The number of rotatable bonds is 4. The van der Waals surface area contributed by atoms with E-state index in [-0.39, 0.29) is 5.91 Å². The number of hydrogen-bond donors (Lipinski definition) is 2. The maximum Gasteiger partial charge on any atom is 0.307 e. The minimum atomic E-state index is -0.888. The molecule has 0 saturated heterocycles. The van der Waals surface area contributed by atoms with Gasteiger partial charge in [-0.2, -0.15) is 0 Å². The van der Waals surface area contributed by atoms with Crippen LogP contribution in [0.25, 0.3) is 0 Å². The fourth-order valence-electron chi connectivity index (χ4n) is 2.77. The van der Waals surface area contributed by atoms with Crippen molar-refractivity contribution in [2.45, 2.75) is 33.6 Å². The third kappa shape index (κ3) is 2.73. The number of aliphatic carboxylic acids is 1. The Labute approximate surface area is 124 Å². The van der Waals surface area contributed by atoms with E-state index in [1.54, 1.807) is 7.11 Å². The summed E-state index contributed by atoms with van der Waals surface area (Å²) in [6, 6.07) is 1.88. The van der Waals surface area contributed by atoms with Crippen molar-refractivity contribution in [3.05, 3.63) is 22.8 Å². The average Bonchev–Trinajstić information content (AvgIpc) is 2.36. The summed E-state index contributed by atoms with van der Waals surface area (Å²) in [7, 11) is 1.62. The molecule has 0 heterocycles. The summed E-state index contributed by atoms with van der Waals surface area (Å²) in [4.78, 5) is 23.3. The Hall–Kier alpha value is -2.04. The monoisotopic (exact) mass is 291 g/mol. The lowest BCUT2D eigenvalue weighted by atomic mass is 9.73. The summed E-state index contributed by atoms with van der Waals surface area (Å²) < 4.78 is 5.30. The first kappa shape index (κ1) is 15.4. The highest BCUT2D eigenvalue weighted by molar-refractivity contribution is 5.97. The molecule has 21 heavy (non-hydrogen) atoms. The average molecular weight is 291 g/mol. The van der Waals surface area contributed by atoms with Crippen molar-refractivity contribution in [1.82, 2.24) is 0 Å². The molecule has 5 nitrogen and oxygen atoms in total. The standard InChI is InChI=1S/C16H21NO4/c1-8-7-13(21-4)9(2)10(3)14(8)17-15(18)11-5-6-12(11)16(19)20/h7,11-12H,5-6H2,1-4H3,(H,17,18)(H,19,20). The number of carbonyl (C=O) groups is 2. The maximum absolute atomic E-state index is 12.3. The number of benzene rings is 1. The third-order valence-corrected chi connectivity index (χ3v) is 4.45. The molecule has 0 bridgehead atoms. The summed E-state index contributed by atoms with van der Waals surface area (Å²) in [5, 5.41) is 11.9. The Morgan fingerprint density at radius 1 is 1.19 bits per heavy atom. The number of hydrogen-bond acceptors (Lipinski definition) is 3. The Morgan fingerprint density at radius 3 is 2.29 bits per heavy atom. The quantitative estimate of drug-likeness (QED) is 0.894. The van der Waals surface area contributed by atoms with Crippen LogP contribution < -0.4 is 10.1 Å². The van der Waals surface area contributed by atoms with Gasteiger partial charge in [-0.3, -0.25) is 9.59 Å². The predicted molar refractivity (Wildman–Crippen MR) is 79.7 cm³/mol. The second-order valence-electron chi connectivity index (χ2n) is 5.64. The largest absolute Gasteiger partial charge is 0.496 e. The molecule has 1 aliphatic rings. The zero-order valence-electron chi connectivity index (χ0n) is 12.8. The molecule has 0 aliphatic heterocycles. The number of ether oxygens (including phenoxy) is 1. The van der Waals surface area contributed by atoms with Gasteiger partial charge in [-0.1, -0.05) is 0 Å². The number of carboxylic acids is 1. The van der Waals surface area contributed by atoms with Crippen LogP contribution in [0, 0.1) is 32.6 Å². The van der Waals surface area contributed by atoms with Gasteiger partial charge < -0.3 is 15.2 Å². The van der Waals surface area contributed by atoms with Crippen molar-refractivity contribution < 1.29 is 19.4 Å². The van der Waals surface area contributed by atoms with Crippen LogP contribution in [-0.2, 0) is 9.59 Å². The molecule has 114 valence electrons. The van der Waals surface area contributed by atoms with E-state index in [1.807, 2.05) is 26.8 Å². The van der Waals surface area contributed by atoms with Crippen molar-refractivity contribution in [2.75, 3.05) is 12.4 Å². The van der Waals surface area contributed by atoms with E-state index in [4.69, 9.17) is 9.84 Å². The summed E-state index contributed by atoms with van der Waals surface area (Å²) in [6.45, 7) is 5.77. The molecular weight excluding hydrogens is 270 g/mol. The van der Waals surface area contributed by atoms with Gasteiger partial charge in [0.15, 0.2) is 0 Å². The van der Waals surface area contributed by atoms with E-state index in [2.05, 4.69) is 5.32 Å². The molecular formula is C16H21NO4. The number of aryl methyl sites for hydroxylation is 1. The number of carboxylic acid groups (broad SMARTS) is 1. The molecule has 1 aromatic rings. The van der Waals surface area contributed by atoms with Gasteiger partial charge in [-0.05, 0) is 56.4 Å². The van der Waals surface area contributed by atoms with Crippen LogP contribution in [0.5, 0.6) is 5.75 Å². The molecule has 2 N–H and O–H groups in total. The first-order chi connectivity index (χ1) is 9.86. The first-order valence-electron chi connectivity index (χ1n) is 7.05. The van der Waals surface area contributed by atoms with E-state index in [0.717, 1.165) is 28.1 Å². The van der Waals surface area contributed by atoms with Crippen LogP contribution in [-0.4, -0.2) is 24.1 Å². The van der Waals surface area contributed by atoms with E-state index in [1.165, 1.54) is 0 Å². The minimum Gasteiger partial charge on any atom is -0.496 e. The zero-order valence-corrected chi connectivity index (χ0v) is 12.8. The number of anilines is 1. The van der Waals surface area contributed by atoms with Crippen molar-refractivity contribution in [3.63, 3.8) is 0 Å². The number of carbonyl (C=O) groups excluding carboxylic acids is 1. The highest BCUT2D eigenvalue weighted by Crippen LogP contribution is 2.37. The van der Waals surface area contributed by atoms with Crippen LogP contribution in [0.15, 0.2) is 6.07 Å². The van der Waals surface area contributed by atoms with Crippen LogP contribution >= 0.6 is 0 Å². The molecule has 2 atom stereocenters. The SMILES string of the molecule is COc1cc(C)c(NC(=O)C2CCC2C(=O)O)c(C)c1C. The van der Waals surface area contributed by atoms with Gasteiger partial charge >= 0.3 is 5.97 Å². The molecule has 1 amide bonds. The predicted octanol–water partition coefficient (Wildman–Crippen LogP) is 2.67.